The Bertz CT molecular complexity index is 480. The quantitative estimate of drug-likeness (QED) is 0.822. The highest BCUT2D eigenvalue weighted by molar-refractivity contribution is 8.00. The van der Waals surface area contributed by atoms with Crippen LogP contribution in [-0.2, 0) is 4.79 Å². The molecule has 0 radical (unpaired) electrons. The molecule has 0 aliphatic heterocycles. The van der Waals surface area contributed by atoms with Crippen molar-refractivity contribution in [1.82, 2.24) is 5.32 Å². The lowest BCUT2D eigenvalue weighted by Gasteiger charge is -2.35. The molecule has 1 fully saturated rings. The third-order valence-corrected chi connectivity index (χ3v) is 4.88. The van der Waals surface area contributed by atoms with Crippen molar-refractivity contribution >= 4 is 17.7 Å². The zero-order chi connectivity index (χ0) is 15.3. The Hall–Kier alpha value is -1.07. The van der Waals surface area contributed by atoms with E-state index in [9.17, 15) is 14.3 Å². The van der Waals surface area contributed by atoms with Gasteiger partial charge < -0.3 is 10.4 Å². The normalized spacial score (nSPS) is 25.6. The van der Waals surface area contributed by atoms with E-state index in [1.807, 2.05) is 0 Å². The van der Waals surface area contributed by atoms with Gasteiger partial charge in [-0.15, -0.1) is 11.8 Å². The summed E-state index contributed by atoms with van der Waals surface area (Å²) in [4.78, 5) is 12.7. The third kappa shape index (κ3) is 5.32. The van der Waals surface area contributed by atoms with Crippen LogP contribution < -0.4 is 5.32 Å². The van der Waals surface area contributed by atoms with Gasteiger partial charge in [0.2, 0.25) is 5.91 Å². The van der Waals surface area contributed by atoms with Gasteiger partial charge >= 0.3 is 0 Å². The van der Waals surface area contributed by atoms with Crippen molar-refractivity contribution in [3.63, 3.8) is 0 Å². The van der Waals surface area contributed by atoms with E-state index >= 15 is 0 Å². The second-order valence-electron chi connectivity index (χ2n) is 5.95. The molecule has 2 rings (SSSR count). The smallest absolute Gasteiger partial charge is 0.230 e. The molecule has 0 spiro atoms. The molecule has 0 saturated heterocycles. The van der Waals surface area contributed by atoms with Crippen molar-refractivity contribution in [2.45, 2.75) is 43.1 Å². The van der Waals surface area contributed by atoms with Crippen LogP contribution in [0.15, 0.2) is 29.2 Å². The first-order valence-corrected chi connectivity index (χ1v) is 8.33. The summed E-state index contributed by atoms with van der Waals surface area (Å²) in [5, 5.41) is 13.3. The Morgan fingerprint density at radius 2 is 2.19 bits per heavy atom. The predicted molar refractivity (Wildman–Crippen MR) is 82.7 cm³/mol. The molecule has 0 bridgehead atoms. The SMILES string of the molecule is CC1CCCC(O)(CNC(=O)CSc2ccc(F)cc2)C1. The Morgan fingerprint density at radius 1 is 1.48 bits per heavy atom. The van der Waals surface area contributed by atoms with Crippen molar-refractivity contribution in [1.29, 1.82) is 0 Å². The van der Waals surface area contributed by atoms with E-state index in [0.29, 0.717) is 12.5 Å². The molecule has 0 aromatic heterocycles. The number of thioether (sulfide) groups is 1. The zero-order valence-electron chi connectivity index (χ0n) is 12.3. The number of nitrogens with one attached hydrogen (secondary N) is 1. The minimum atomic E-state index is -0.756. The highest BCUT2D eigenvalue weighted by Gasteiger charge is 2.32. The summed E-state index contributed by atoms with van der Waals surface area (Å²) in [6.07, 6.45) is 3.66. The molecular formula is C16H22FNO2S. The number of amides is 1. The first-order valence-electron chi connectivity index (χ1n) is 7.34. The van der Waals surface area contributed by atoms with Gasteiger partial charge in [0, 0.05) is 11.4 Å². The first kappa shape index (κ1) is 16.3. The number of carbonyl (C=O) groups excluding carboxylic acids is 1. The second-order valence-corrected chi connectivity index (χ2v) is 6.99. The molecule has 2 atom stereocenters. The molecule has 5 heteroatoms. The van der Waals surface area contributed by atoms with Crippen LogP contribution in [0.25, 0.3) is 0 Å². The number of hydrogen-bond acceptors (Lipinski definition) is 3. The third-order valence-electron chi connectivity index (χ3n) is 3.87. The lowest BCUT2D eigenvalue weighted by Crippen LogP contribution is -2.46. The molecular weight excluding hydrogens is 289 g/mol. The minimum Gasteiger partial charge on any atom is -0.388 e. The molecule has 1 saturated carbocycles. The molecule has 1 aromatic carbocycles. The maximum atomic E-state index is 12.8. The number of halogens is 1. The summed E-state index contributed by atoms with van der Waals surface area (Å²) in [5.41, 5.74) is -0.756. The predicted octanol–water partition coefficient (Wildman–Crippen LogP) is 2.98. The van der Waals surface area contributed by atoms with E-state index in [1.54, 1.807) is 12.1 Å². The van der Waals surface area contributed by atoms with Gasteiger partial charge in [0.25, 0.3) is 0 Å². The van der Waals surface area contributed by atoms with Crippen LogP contribution in [0, 0.1) is 11.7 Å². The van der Waals surface area contributed by atoms with E-state index in [0.717, 1.165) is 30.6 Å². The fourth-order valence-corrected chi connectivity index (χ4v) is 3.52. The topological polar surface area (TPSA) is 49.3 Å². The number of aliphatic hydroxyl groups is 1. The first-order chi connectivity index (χ1) is 9.97. The second kappa shape index (κ2) is 7.27. The van der Waals surface area contributed by atoms with E-state index < -0.39 is 5.60 Å². The van der Waals surface area contributed by atoms with Gasteiger partial charge in [-0.1, -0.05) is 19.8 Å². The van der Waals surface area contributed by atoms with E-state index in [4.69, 9.17) is 0 Å². The zero-order valence-corrected chi connectivity index (χ0v) is 13.1. The molecule has 1 amide bonds. The van der Waals surface area contributed by atoms with Crippen molar-refractivity contribution < 1.29 is 14.3 Å². The molecule has 1 aliphatic carbocycles. The molecule has 1 aromatic rings. The highest BCUT2D eigenvalue weighted by atomic mass is 32.2. The van der Waals surface area contributed by atoms with Gasteiger partial charge in [-0.05, 0) is 43.0 Å². The Balaban J connectivity index is 1.73. The highest BCUT2D eigenvalue weighted by Crippen LogP contribution is 2.31. The monoisotopic (exact) mass is 311 g/mol. The van der Waals surface area contributed by atoms with Crippen LogP contribution in [0.1, 0.15) is 32.6 Å². The Morgan fingerprint density at radius 3 is 2.86 bits per heavy atom. The lowest BCUT2D eigenvalue weighted by molar-refractivity contribution is -0.120. The maximum absolute atomic E-state index is 12.8. The molecule has 116 valence electrons. The van der Waals surface area contributed by atoms with Crippen molar-refractivity contribution in [3.8, 4) is 0 Å². The van der Waals surface area contributed by atoms with Crippen molar-refractivity contribution in [2.75, 3.05) is 12.3 Å². The van der Waals surface area contributed by atoms with Crippen molar-refractivity contribution in [3.05, 3.63) is 30.1 Å². The van der Waals surface area contributed by atoms with Crippen LogP contribution in [0.3, 0.4) is 0 Å². The van der Waals surface area contributed by atoms with Gasteiger partial charge in [-0.2, -0.15) is 0 Å². The van der Waals surface area contributed by atoms with Gasteiger partial charge in [-0.25, -0.2) is 4.39 Å². The molecule has 2 N–H and O–H groups in total. The number of rotatable bonds is 5. The van der Waals surface area contributed by atoms with E-state index in [-0.39, 0.29) is 17.5 Å². The van der Waals surface area contributed by atoms with E-state index in [2.05, 4.69) is 12.2 Å². The Kier molecular flexibility index (Phi) is 5.65. The fourth-order valence-electron chi connectivity index (χ4n) is 2.79. The molecule has 3 nitrogen and oxygen atoms in total. The van der Waals surface area contributed by atoms with Crippen LogP contribution in [0.2, 0.25) is 0 Å². The summed E-state index contributed by atoms with van der Waals surface area (Å²) in [6, 6.07) is 6.08. The van der Waals surface area contributed by atoms with Gasteiger partial charge in [-0.3, -0.25) is 4.79 Å². The van der Waals surface area contributed by atoms with Gasteiger partial charge in [0.1, 0.15) is 5.82 Å². The molecule has 2 unspecified atom stereocenters. The van der Waals surface area contributed by atoms with Crippen LogP contribution in [-0.4, -0.2) is 28.9 Å². The number of carbonyl (C=O) groups is 1. The number of hydrogen-bond donors (Lipinski definition) is 2. The summed E-state index contributed by atoms with van der Waals surface area (Å²) in [7, 11) is 0. The van der Waals surface area contributed by atoms with Crippen LogP contribution in [0.5, 0.6) is 0 Å². The molecule has 1 aliphatic rings. The largest absolute Gasteiger partial charge is 0.388 e. The van der Waals surface area contributed by atoms with Crippen LogP contribution in [0.4, 0.5) is 4.39 Å². The molecule has 21 heavy (non-hydrogen) atoms. The average molecular weight is 311 g/mol. The summed E-state index contributed by atoms with van der Waals surface area (Å²) < 4.78 is 12.8. The fraction of sp³-hybridized carbons (Fsp3) is 0.562. The summed E-state index contributed by atoms with van der Waals surface area (Å²) >= 11 is 1.36. The maximum Gasteiger partial charge on any atom is 0.230 e. The minimum absolute atomic E-state index is 0.101. The summed E-state index contributed by atoms with van der Waals surface area (Å²) in [6.45, 7) is 2.45. The van der Waals surface area contributed by atoms with Gasteiger partial charge in [0.15, 0.2) is 0 Å². The van der Waals surface area contributed by atoms with Crippen LogP contribution >= 0.6 is 11.8 Å². The Labute approximate surface area is 129 Å². The number of benzene rings is 1. The molecule has 0 heterocycles. The average Bonchev–Trinajstić information content (AvgIpc) is 2.44. The van der Waals surface area contributed by atoms with Crippen molar-refractivity contribution in [2.24, 2.45) is 5.92 Å². The van der Waals surface area contributed by atoms with Gasteiger partial charge in [0.05, 0.1) is 11.4 Å². The van der Waals surface area contributed by atoms with E-state index in [1.165, 1.54) is 23.9 Å². The summed E-state index contributed by atoms with van der Waals surface area (Å²) in [5.74, 6) is 0.403. The lowest BCUT2D eigenvalue weighted by atomic mass is 9.79. The standard InChI is InChI=1S/C16H22FNO2S/c1-12-3-2-8-16(20,9-12)11-18-15(19)10-21-14-6-4-13(17)5-7-14/h4-7,12,20H,2-3,8-11H2,1H3,(H,18,19).